The Morgan fingerprint density at radius 2 is 2.42 bits per heavy atom. The first-order chi connectivity index (χ1) is 9.06. The van der Waals surface area contributed by atoms with E-state index < -0.39 is 4.92 Å². The monoisotopic (exact) mass is 264 g/mol. The summed E-state index contributed by atoms with van der Waals surface area (Å²) in [6.07, 6.45) is 3.77. The van der Waals surface area contributed by atoms with Crippen molar-refractivity contribution in [2.45, 2.75) is 19.8 Å². The van der Waals surface area contributed by atoms with E-state index in [1.54, 1.807) is 6.07 Å². The van der Waals surface area contributed by atoms with E-state index in [1.807, 2.05) is 6.92 Å². The fraction of sp³-hybridized carbons (Fsp3) is 0.615. The van der Waals surface area contributed by atoms with E-state index in [2.05, 4.69) is 22.2 Å². The van der Waals surface area contributed by atoms with Crippen LogP contribution in [0.5, 0.6) is 0 Å². The molecule has 1 aromatic heterocycles. The summed E-state index contributed by atoms with van der Waals surface area (Å²) in [6.45, 7) is 4.98. The average molecular weight is 264 g/mol. The molecule has 0 saturated carbocycles. The Labute approximate surface area is 113 Å². The minimum atomic E-state index is -0.417. The summed E-state index contributed by atoms with van der Waals surface area (Å²) in [5.41, 5.74) is 0.860. The largest absolute Gasteiger partial charge is 0.370 e. The second kappa shape index (κ2) is 5.97. The normalized spacial score (nSPS) is 20.2. The Balaban J connectivity index is 1.94. The summed E-state index contributed by atoms with van der Waals surface area (Å²) in [6, 6.07) is 1.56. The Hall–Kier alpha value is -1.69. The van der Waals surface area contributed by atoms with Gasteiger partial charge in [0.15, 0.2) is 0 Å². The second-order valence-corrected chi connectivity index (χ2v) is 5.27. The molecule has 1 unspecified atom stereocenters. The van der Waals surface area contributed by atoms with Gasteiger partial charge in [0, 0.05) is 19.2 Å². The topological polar surface area (TPSA) is 71.3 Å². The van der Waals surface area contributed by atoms with Crippen molar-refractivity contribution in [2.75, 3.05) is 32.0 Å². The van der Waals surface area contributed by atoms with Gasteiger partial charge in [-0.05, 0) is 44.8 Å². The molecule has 6 nitrogen and oxygen atoms in total. The van der Waals surface area contributed by atoms with Gasteiger partial charge < -0.3 is 10.2 Å². The van der Waals surface area contributed by atoms with E-state index in [0.717, 1.165) is 24.5 Å². The number of pyridine rings is 1. The molecule has 2 rings (SSSR count). The van der Waals surface area contributed by atoms with Gasteiger partial charge in [-0.3, -0.25) is 10.1 Å². The predicted octanol–water partition coefficient (Wildman–Crippen LogP) is 2.05. The van der Waals surface area contributed by atoms with Crippen LogP contribution in [0.15, 0.2) is 12.3 Å². The van der Waals surface area contributed by atoms with Crippen molar-refractivity contribution in [1.82, 2.24) is 9.88 Å². The average Bonchev–Trinajstić information content (AvgIpc) is 2.37. The standard InChI is InChI=1S/C13H20N4O2/c1-10-6-12(17(18)19)8-15-13(10)14-7-11-4-3-5-16(2)9-11/h6,8,11H,3-5,7,9H2,1-2H3,(H,14,15). The molecule has 0 spiro atoms. The van der Waals surface area contributed by atoms with Crippen LogP contribution in [0.25, 0.3) is 0 Å². The van der Waals surface area contributed by atoms with E-state index >= 15 is 0 Å². The fourth-order valence-corrected chi connectivity index (χ4v) is 2.53. The van der Waals surface area contributed by atoms with Crippen molar-refractivity contribution in [2.24, 2.45) is 5.92 Å². The van der Waals surface area contributed by atoms with E-state index in [1.165, 1.54) is 25.6 Å². The number of anilines is 1. The number of aryl methyl sites for hydroxylation is 1. The lowest BCUT2D eigenvalue weighted by atomic mass is 9.98. The summed E-state index contributed by atoms with van der Waals surface area (Å²) >= 11 is 0. The Morgan fingerprint density at radius 1 is 1.63 bits per heavy atom. The number of piperidine rings is 1. The zero-order valence-electron chi connectivity index (χ0n) is 11.4. The molecule has 0 aliphatic carbocycles. The van der Waals surface area contributed by atoms with Gasteiger partial charge in [-0.15, -0.1) is 0 Å². The number of nitro groups is 1. The first-order valence-electron chi connectivity index (χ1n) is 6.59. The van der Waals surface area contributed by atoms with Crippen LogP contribution in [0.3, 0.4) is 0 Å². The van der Waals surface area contributed by atoms with Crippen molar-refractivity contribution < 1.29 is 4.92 Å². The third-order valence-corrected chi connectivity index (χ3v) is 3.55. The molecular formula is C13H20N4O2. The van der Waals surface area contributed by atoms with Crippen LogP contribution >= 0.6 is 0 Å². The Bertz CT molecular complexity index is 464. The number of likely N-dealkylation sites (tertiary alicyclic amines) is 1. The summed E-state index contributed by atoms with van der Waals surface area (Å²) in [5, 5.41) is 14.0. The molecule has 0 amide bonds. The van der Waals surface area contributed by atoms with Gasteiger partial charge in [0.2, 0.25) is 0 Å². The van der Waals surface area contributed by atoms with Crippen molar-refractivity contribution in [3.63, 3.8) is 0 Å². The van der Waals surface area contributed by atoms with Crippen LogP contribution in [0.1, 0.15) is 18.4 Å². The van der Waals surface area contributed by atoms with Gasteiger partial charge >= 0.3 is 0 Å². The zero-order valence-corrected chi connectivity index (χ0v) is 11.4. The van der Waals surface area contributed by atoms with Crippen LogP contribution < -0.4 is 5.32 Å². The number of rotatable bonds is 4. The first kappa shape index (κ1) is 13.7. The highest BCUT2D eigenvalue weighted by atomic mass is 16.6. The van der Waals surface area contributed by atoms with Gasteiger partial charge in [0.05, 0.1) is 4.92 Å². The molecule has 19 heavy (non-hydrogen) atoms. The molecule has 1 aliphatic rings. The van der Waals surface area contributed by atoms with E-state index in [0.29, 0.717) is 5.92 Å². The van der Waals surface area contributed by atoms with Crippen LogP contribution in [0, 0.1) is 23.0 Å². The lowest BCUT2D eigenvalue weighted by Gasteiger charge is -2.29. The fourth-order valence-electron chi connectivity index (χ4n) is 2.53. The van der Waals surface area contributed by atoms with Gasteiger partial charge in [0.25, 0.3) is 5.69 Å². The SMILES string of the molecule is Cc1cc([N+](=O)[O-])cnc1NCC1CCCN(C)C1. The Morgan fingerprint density at radius 3 is 3.05 bits per heavy atom. The number of hydrogen-bond acceptors (Lipinski definition) is 5. The molecule has 0 radical (unpaired) electrons. The number of nitrogens with one attached hydrogen (secondary N) is 1. The van der Waals surface area contributed by atoms with Crippen molar-refractivity contribution in [3.8, 4) is 0 Å². The van der Waals surface area contributed by atoms with Crippen molar-refractivity contribution in [3.05, 3.63) is 27.9 Å². The number of aromatic nitrogens is 1. The van der Waals surface area contributed by atoms with E-state index in [4.69, 9.17) is 0 Å². The third-order valence-electron chi connectivity index (χ3n) is 3.55. The Kier molecular flexibility index (Phi) is 4.31. The smallest absolute Gasteiger partial charge is 0.287 e. The van der Waals surface area contributed by atoms with Gasteiger partial charge in [-0.25, -0.2) is 4.98 Å². The van der Waals surface area contributed by atoms with Gasteiger partial charge in [-0.2, -0.15) is 0 Å². The molecule has 1 atom stereocenters. The molecule has 2 heterocycles. The molecule has 1 N–H and O–H groups in total. The number of hydrogen-bond donors (Lipinski definition) is 1. The van der Waals surface area contributed by atoms with E-state index in [-0.39, 0.29) is 5.69 Å². The predicted molar refractivity (Wildman–Crippen MR) is 74.3 cm³/mol. The van der Waals surface area contributed by atoms with Crippen LogP contribution in [-0.4, -0.2) is 41.5 Å². The quantitative estimate of drug-likeness (QED) is 0.665. The molecule has 1 saturated heterocycles. The first-order valence-corrected chi connectivity index (χ1v) is 6.59. The third kappa shape index (κ3) is 3.64. The number of nitrogens with zero attached hydrogens (tertiary/aromatic N) is 3. The van der Waals surface area contributed by atoms with Crippen LogP contribution in [0.2, 0.25) is 0 Å². The maximum atomic E-state index is 10.6. The molecule has 0 aromatic carbocycles. The van der Waals surface area contributed by atoms with Gasteiger partial charge in [0.1, 0.15) is 12.0 Å². The highest BCUT2D eigenvalue weighted by Gasteiger charge is 2.17. The lowest BCUT2D eigenvalue weighted by molar-refractivity contribution is -0.385. The van der Waals surface area contributed by atoms with Crippen molar-refractivity contribution in [1.29, 1.82) is 0 Å². The van der Waals surface area contributed by atoms with E-state index in [9.17, 15) is 10.1 Å². The molecule has 1 aromatic rings. The molecule has 6 heteroatoms. The van der Waals surface area contributed by atoms with Gasteiger partial charge in [-0.1, -0.05) is 0 Å². The van der Waals surface area contributed by atoms with Crippen LogP contribution in [-0.2, 0) is 0 Å². The zero-order chi connectivity index (χ0) is 13.8. The lowest BCUT2D eigenvalue weighted by Crippen LogP contribution is -2.35. The minimum absolute atomic E-state index is 0.0421. The maximum absolute atomic E-state index is 10.6. The highest BCUT2D eigenvalue weighted by Crippen LogP contribution is 2.20. The summed E-state index contributed by atoms with van der Waals surface area (Å²) in [4.78, 5) is 16.7. The molecule has 0 bridgehead atoms. The highest BCUT2D eigenvalue weighted by molar-refractivity contribution is 5.48. The molecule has 1 fully saturated rings. The molecule has 1 aliphatic heterocycles. The maximum Gasteiger partial charge on any atom is 0.287 e. The summed E-state index contributed by atoms with van der Waals surface area (Å²) in [5.74, 6) is 1.37. The summed E-state index contributed by atoms with van der Waals surface area (Å²) in [7, 11) is 2.14. The van der Waals surface area contributed by atoms with Crippen LogP contribution in [0.4, 0.5) is 11.5 Å². The summed E-state index contributed by atoms with van der Waals surface area (Å²) < 4.78 is 0. The second-order valence-electron chi connectivity index (χ2n) is 5.27. The molecule has 104 valence electrons. The van der Waals surface area contributed by atoms with Crippen molar-refractivity contribution >= 4 is 11.5 Å². The minimum Gasteiger partial charge on any atom is -0.370 e. The molecular weight excluding hydrogens is 244 g/mol.